The Morgan fingerprint density at radius 2 is 1.34 bits per heavy atom. The molecule has 0 bridgehead atoms. The third-order valence-corrected chi connectivity index (χ3v) is 6.87. The number of methoxy groups -OCH3 is 6. The first-order valence-electron chi connectivity index (χ1n) is 13.6. The molecule has 0 saturated carbocycles. The average molecular weight is 609 g/mol. The van der Waals surface area contributed by atoms with Crippen LogP contribution in [-0.4, -0.2) is 79.6 Å². The molecule has 44 heavy (non-hydrogen) atoms. The molecule has 2 N–H and O–H groups in total. The van der Waals surface area contributed by atoms with E-state index < -0.39 is 11.5 Å². The summed E-state index contributed by atoms with van der Waals surface area (Å²) in [4.78, 5) is 27.9. The van der Waals surface area contributed by atoms with Gasteiger partial charge in [-0.1, -0.05) is 0 Å². The molecule has 4 aromatic rings. The lowest BCUT2D eigenvalue weighted by Crippen LogP contribution is -2.27. The number of nitrogens with two attached hydrogens (primary N) is 1. The molecule has 0 fully saturated rings. The minimum Gasteiger partial charge on any atom is -0.493 e. The van der Waals surface area contributed by atoms with Gasteiger partial charge in [0, 0.05) is 29.4 Å². The first-order valence-corrected chi connectivity index (χ1v) is 13.6. The number of fused-ring (bicyclic) bond motifs is 1. The summed E-state index contributed by atoms with van der Waals surface area (Å²) in [6.07, 6.45) is 0. The second kappa shape index (κ2) is 14.5. The molecule has 0 saturated heterocycles. The Labute approximate surface area is 254 Å². The number of esters is 1. The van der Waals surface area contributed by atoms with E-state index >= 15 is 0 Å². The number of nitrogens with zero attached hydrogens (tertiary/aromatic N) is 1. The van der Waals surface area contributed by atoms with Crippen LogP contribution >= 0.6 is 0 Å². The summed E-state index contributed by atoms with van der Waals surface area (Å²) in [7, 11) is 8.79. The molecule has 1 heterocycles. The van der Waals surface area contributed by atoms with E-state index in [4.69, 9.17) is 43.6 Å². The molecule has 0 amide bonds. The highest BCUT2D eigenvalue weighted by Crippen LogP contribution is 2.45. The van der Waals surface area contributed by atoms with Crippen molar-refractivity contribution >= 4 is 22.4 Å². The van der Waals surface area contributed by atoms with Crippen molar-refractivity contribution in [2.75, 3.05) is 74.8 Å². The smallest absolute Gasteiger partial charge is 0.355 e. The van der Waals surface area contributed by atoms with Gasteiger partial charge in [0.2, 0.25) is 5.75 Å². The quantitative estimate of drug-likeness (QED) is 0.126. The van der Waals surface area contributed by atoms with Crippen LogP contribution in [0.3, 0.4) is 0 Å². The van der Waals surface area contributed by atoms with Crippen molar-refractivity contribution in [3.05, 3.63) is 64.6 Å². The number of hydrogen-bond acceptors (Lipinski definition) is 11. The topological polar surface area (TPSA) is 139 Å². The maximum Gasteiger partial charge on any atom is 0.355 e. The summed E-state index contributed by atoms with van der Waals surface area (Å²) in [5.74, 6) is 0.946. The highest BCUT2D eigenvalue weighted by molar-refractivity contribution is 6.08. The van der Waals surface area contributed by atoms with E-state index in [2.05, 4.69) is 0 Å². The number of benzene rings is 3. The Morgan fingerprint density at radius 1 is 0.727 bits per heavy atom. The van der Waals surface area contributed by atoms with Gasteiger partial charge in [-0.3, -0.25) is 9.36 Å². The lowest BCUT2D eigenvalue weighted by Gasteiger charge is -2.21. The third-order valence-electron chi connectivity index (χ3n) is 6.87. The van der Waals surface area contributed by atoms with Crippen LogP contribution in [0.1, 0.15) is 10.5 Å². The van der Waals surface area contributed by atoms with Gasteiger partial charge in [-0.15, -0.1) is 0 Å². The molecule has 4 rings (SSSR count). The number of aromatic nitrogens is 1. The fourth-order valence-electron chi connectivity index (χ4n) is 4.81. The van der Waals surface area contributed by atoms with Gasteiger partial charge in [-0.25, -0.2) is 4.79 Å². The standard InChI is InChI=1S/C32H36N2O10/c1-37-11-12-43-13-14-44-25-18-23-22(17-24(25)38-2)28(19-15-26(39-3)30(41-5)27(16-19)40-4)29(32(36)42-6)34(31(23)35)21-9-7-20(33)8-10-21/h7-10,15-18H,11-14,33H2,1-6H3. The van der Waals surface area contributed by atoms with Gasteiger partial charge in [0.1, 0.15) is 12.3 Å². The Kier molecular flexibility index (Phi) is 10.5. The van der Waals surface area contributed by atoms with Crippen LogP contribution < -0.4 is 35.0 Å². The number of carbonyl (C=O) groups is 1. The molecular weight excluding hydrogens is 572 g/mol. The van der Waals surface area contributed by atoms with E-state index in [-0.39, 0.29) is 24.3 Å². The minimum atomic E-state index is -0.753. The van der Waals surface area contributed by atoms with Gasteiger partial charge in [0.05, 0.1) is 60.8 Å². The highest BCUT2D eigenvalue weighted by Gasteiger charge is 2.28. The van der Waals surface area contributed by atoms with Gasteiger partial charge in [-0.05, 0) is 54.1 Å². The molecule has 0 aliphatic carbocycles. The predicted molar refractivity (Wildman–Crippen MR) is 165 cm³/mol. The number of pyridine rings is 1. The summed E-state index contributed by atoms with van der Waals surface area (Å²) >= 11 is 0. The molecule has 0 spiro atoms. The van der Waals surface area contributed by atoms with Crippen molar-refractivity contribution in [1.82, 2.24) is 4.57 Å². The average Bonchev–Trinajstić information content (AvgIpc) is 3.05. The van der Waals surface area contributed by atoms with E-state index in [1.165, 1.54) is 40.1 Å². The molecule has 0 unspecified atom stereocenters. The monoisotopic (exact) mass is 608 g/mol. The first kappa shape index (κ1) is 32.0. The lowest BCUT2D eigenvalue weighted by atomic mass is 9.95. The van der Waals surface area contributed by atoms with Gasteiger partial charge >= 0.3 is 5.97 Å². The summed E-state index contributed by atoms with van der Waals surface area (Å²) in [6, 6.07) is 13.2. The van der Waals surface area contributed by atoms with Crippen molar-refractivity contribution in [3.8, 4) is 45.6 Å². The summed E-state index contributed by atoms with van der Waals surface area (Å²) in [5, 5.41) is 0.645. The zero-order valence-electron chi connectivity index (χ0n) is 25.6. The van der Waals surface area contributed by atoms with Crippen molar-refractivity contribution in [1.29, 1.82) is 0 Å². The predicted octanol–water partition coefficient (Wildman–Crippen LogP) is 4.10. The minimum absolute atomic E-state index is 0.0358. The Bertz CT molecular complexity index is 1660. The largest absolute Gasteiger partial charge is 0.493 e. The van der Waals surface area contributed by atoms with E-state index in [1.807, 2.05) is 0 Å². The Balaban J connectivity index is 2.09. The van der Waals surface area contributed by atoms with Gasteiger partial charge in [0.25, 0.3) is 5.56 Å². The lowest BCUT2D eigenvalue weighted by molar-refractivity contribution is 0.0540. The maximum atomic E-state index is 14.3. The van der Waals surface area contributed by atoms with Gasteiger partial charge in [-0.2, -0.15) is 0 Å². The molecule has 234 valence electrons. The molecule has 0 atom stereocenters. The number of nitrogen functional groups attached to an aromatic ring is 1. The van der Waals surface area contributed by atoms with Crippen molar-refractivity contribution in [2.45, 2.75) is 0 Å². The molecule has 3 aromatic carbocycles. The number of ether oxygens (including phenoxy) is 8. The third kappa shape index (κ3) is 6.36. The summed E-state index contributed by atoms with van der Waals surface area (Å²) < 4.78 is 45.4. The van der Waals surface area contributed by atoms with E-state index in [9.17, 15) is 9.59 Å². The fraction of sp³-hybridized carbons (Fsp3) is 0.312. The van der Waals surface area contributed by atoms with Crippen LogP contribution in [0.5, 0.6) is 28.7 Å². The van der Waals surface area contributed by atoms with Crippen molar-refractivity contribution in [2.24, 2.45) is 0 Å². The van der Waals surface area contributed by atoms with Crippen LogP contribution in [-0.2, 0) is 14.2 Å². The number of hydrogen-bond donors (Lipinski definition) is 1. The molecule has 0 aliphatic heterocycles. The van der Waals surface area contributed by atoms with Crippen LogP contribution in [0.2, 0.25) is 0 Å². The molecule has 12 heteroatoms. The summed E-state index contributed by atoms with van der Waals surface area (Å²) in [5.41, 5.74) is 7.13. The van der Waals surface area contributed by atoms with Crippen LogP contribution in [0, 0.1) is 0 Å². The second-order valence-corrected chi connectivity index (χ2v) is 9.36. The van der Waals surface area contributed by atoms with Crippen molar-refractivity contribution < 1.29 is 42.7 Å². The second-order valence-electron chi connectivity index (χ2n) is 9.36. The van der Waals surface area contributed by atoms with Crippen LogP contribution in [0.25, 0.3) is 27.6 Å². The molecule has 12 nitrogen and oxygen atoms in total. The highest BCUT2D eigenvalue weighted by atomic mass is 16.6. The molecular formula is C32H36N2O10. The Hall–Kier alpha value is -4.94. The van der Waals surface area contributed by atoms with E-state index in [0.29, 0.717) is 69.8 Å². The zero-order chi connectivity index (χ0) is 31.8. The normalized spacial score (nSPS) is 10.9. The number of anilines is 1. The van der Waals surface area contributed by atoms with Gasteiger partial charge in [0.15, 0.2) is 23.0 Å². The summed E-state index contributed by atoms with van der Waals surface area (Å²) in [6.45, 7) is 1.35. The molecule has 0 aliphatic rings. The zero-order valence-corrected chi connectivity index (χ0v) is 25.6. The maximum absolute atomic E-state index is 14.3. The SMILES string of the molecule is COCCOCCOc1cc2c(=O)n(-c3ccc(N)cc3)c(C(=O)OC)c(-c3cc(OC)c(OC)c(OC)c3)c2cc1OC. The van der Waals surface area contributed by atoms with Crippen LogP contribution in [0.4, 0.5) is 5.69 Å². The number of rotatable bonds is 14. The molecule has 1 aromatic heterocycles. The van der Waals surface area contributed by atoms with E-state index in [1.54, 1.807) is 55.6 Å². The van der Waals surface area contributed by atoms with Gasteiger partial charge < -0.3 is 43.6 Å². The van der Waals surface area contributed by atoms with Crippen LogP contribution in [0.15, 0.2) is 53.3 Å². The fourth-order valence-corrected chi connectivity index (χ4v) is 4.81. The first-order chi connectivity index (χ1) is 21.3. The van der Waals surface area contributed by atoms with E-state index in [0.717, 1.165) is 0 Å². The molecule has 0 radical (unpaired) electrons. The van der Waals surface area contributed by atoms with Crippen molar-refractivity contribution in [3.63, 3.8) is 0 Å². The Morgan fingerprint density at radius 3 is 1.91 bits per heavy atom. The number of carbonyl (C=O) groups excluding carboxylic acids is 1.